The Balaban J connectivity index is 1.94. The van der Waals surface area contributed by atoms with Gasteiger partial charge in [-0.05, 0) is 25.0 Å². The fraction of sp³-hybridized carbons (Fsp3) is 0.500. The number of ether oxygens (including phenoxy) is 1. The normalized spacial score (nSPS) is 12.2. The number of imidazole rings is 1. The van der Waals surface area contributed by atoms with Crippen LogP contribution in [0, 0.1) is 0 Å². The van der Waals surface area contributed by atoms with Crippen LogP contribution in [0.4, 0.5) is 0 Å². The first-order valence-electron chi connectivity index (χ1n) is 6.46. The van der Waals surface area contributed by atoms with Crippen molar-refractivity contribution in [2.24, 2.45) is 5.73 Å². The van der Waals surface area contributed by atoms with E-state index in [-0.39, 0.29) is 5.54 Å². The topological polar surface area (TPSA) is 52.5 Å². The highest BCUT2D eigenvalue weighted by Crippen LogP contribution is 2.13. The summed E-state index contributed by atoms with van der Waals surface area (Å²) >= 11 is 0. The Labute approximate surface area is 108 Å². The van der Waals surface area contributed by atoms with Crippen molar-refractivity contribution in [2.75, 3.05) is 6.61 Å². The zero-order chi connectivity index (χ0) is 13.0. The van der Waals surface area contributed by atoms with Gasteiger partial charge in [0, 0.05) is 17.9 Å². The predicted molar refractivity (Wildman–Crippen MR) is 72.3 cm³/mol. The first-order chi connectivity index (χ1) is 8.67. The molecule has 2 rings (SSSR count). The average molecular weight is 247 g/mol. The quantitative estimate of drug-likeness (QED) is 0.852. The highest BCUT2D eigenvalue weighted by atomic mass is 16.5. The van der Waals surface area contributed by atoms with Gasteiger partial charge in [-0.15, -0.1) is 0 Å². The number of nitrogens with zero attached hydrogens (tertiary/aromatic N) is 2. The van der Waals surface area contributed by atoms with Crippen LogP contribution in [0.25, 0.3) is 5.65 Å². The van der Waals surface area contributed by atoms with Crippen LogP contribution in [0.5, 0.6) is 0 Å². The van der Waals surface area contributed by atoms with Crippen molar-refractivity contribution in [3.8, 4) is 0 Å². The first kappa shape index (κ1) is 13.1. The molecule has 0 fully saturated rings. The van der Waals surface area contributed by atoms with Gasteiger partial charge in [0.25, 0.3) is 0 Å². The number of pyridine rings is 1. The summed E-state index contributed by atoms with van der Waals surface area (Å²) < 4.78 is 7.69. The van der Waals surface area contributed by atoms with Gasteiger partial charge in [-0.3, -0.25) is 0 Å². The second-order valence-corrected chi connectivity index (χ2v) is 4.76. The Kier molecular flexibility index (Phi) is 3.99. The van der Waals surface area contributed by atoms with Crippen LogP contribution in [0.3, 0.4) is 0 Å². The molecule has 4 heteroatoms. The molecule has 4 nitrogen and oxygen atoms in total. The molecule has 2 N–H and O–H groups in total. The molecule has 0 unspecified atom stereocenters. The summed E-state index contributed by atoms with van der Waals surface area (Å²) in [5, 5.41) is 0. The Morgan fingerprint density at radius 3 is 2.78 bits per heavy atom. The van der Waals surface area contributed by atoms with Crippen molar-refractivity contribution in [1.29, 1.82) is 0 Å². The van der Waals surface area contributed by atoms with Gasteiger partial charge >= 0.3 is 0 Å². The minimum absolute atomic E-state index is 0.209. The van der Waals surface area contributed by atoms with E-state index in [1.54, 1.807) is 0 Å². The van der Waals surface area contributed by atoms with E-state index in [1.165, 1.54) is 0 Å². The van der Waals surface area contributed by atoms with E-state index < -0.39 is 0 Å². The zero-order valence-corrected chi connectivity index (χ0v) is 11.1. The number of fused-ring (bicyclic) bond motifs is 1. The molecule has 0 aliphatic heterocycles. The highest BCUT2D eigenvalue weighted by molar-refractivity contribution is 5.39. The van der Waals surface area contributed by atoms with Gasteiger partial charge in [0.1, 0.15) is 5.65 Å². The van der Waals surface area contributed by atoms with Crippen LogP contribution in [-0.4, -0.2) is 21.5 Å². The number of hydrogen-bond acceptors (Lipinski definition) is 3. The second-order valence-electron chi connectivity index (χ2n) is 4.76. The molecule has 0 amide bonds. The van der Waals surface area contributed by atoms with Crippen LogP contribution in [-0.2, 0) is 11.3 Å². The molecule has 0 saturated heterocycles. The van der Waals surface area contributed by atoms with Gasteiger partial charge in [0.2, 0.25) is 0 Å². The first-order valence-corrected chi connectivity index (χ1v) is 6.46. The molecule has 2 heterocycles. The molecule has 0 saturated carbocycles. The van der Waals surface area contributed by atoms with E-state index in [2.05, 4.69) is 18.8 Å². The highest BCUT2D eigenvalue weighted by Gasteiger charge is 2.20. The van der Waals surface area contributed by atoms with Crippen molar-refractivity contribution in [1.82, 2.24) is 9.38 Å². The lowest BCUT2D eigenvalue weighted by molar-refractivity contribution is 0.0680. The third-order valence-electron chi connectivity index (χ3n) is 3.46. The van der Waals surface area contributed by atoms with E-state index in [0.717, 1.165) is 24.2 Å². The molecule has 0 atom stereocenters. The SMILES string of the molecule is CCC(N)(CC)COCc1cn2ccccc2n1. The minimum Gasteiger partial charge on any atom is -0.373 e. The van der Waals surface area contributed by atoms with Gasteiger partial charge in [0.05, 0.1) is 18.9 Å². The molecular weight excluding hydrogens is 226 g/mol. The Hall–Kier alpha value is -1.39. The second kappa shape index (κ2) is 5.50. The van der Waals surface area contributed by atoms with Gasteiger partial charge in [-0.2, -0.15) is 0 Å². The number of aromatic nitrogens is 2. The molecule has 0 radical (unpaired) electrons. The Morgan fingerprint density at radius 1 is 1.33 bits per heavy atom. The van der Waals surface area contributed by atoms with Crippen LogP contribution in [0.2, 0.25) is 0 Å². The smallest absolute Gasteiger partial charge is 0.137 e. The molecule has 98 valence electrons. The van der Waals surface area contributed by atoms with Crippen LogP contribution >= 0.6 is 0 Å². The molecular formula is C14H21N3O. The average Bonchev–Trinajstić information content (AvgIpc) is 2.81. The Bertz CT molecular complexity index is 469. The predicted octanol–water partition coefficient (Wildman–Crippen LogP) is 2.37. The zero-order valence-electron chi connectivity index (χ0n) is 11.1. The third kappa shape index (κ3) is 2.89. The molecule has 0 bridgehead atoms. The largest absolute Gasteiger partial charge is 0.373 e. The molecule has 0 aliphatic carbocycles. The van der Waals surface area contributed by atoms with Crippen LogP contribution in [0.15, 0.2) is 30.6 Å². The van der Waals surface area contributed by atoms with Gasteiger partial charge in [-0.25, -0.2) is 4.98 Å². The van der Waals surface area contributed by atoms with E-state index in [9.17, 15) is 0 Å². The van der Waals surface area contributed by atoms with Gasteiger partial charge < -0.3 is 14.9 Å². The summed E-state index contributed by atoms with van der Waals surface area (Å²) in [6.45, 7) is 5.28. The molecule has 0 spiro atoms. The lowest BCUT2D eigenvalue weighted by Gasteiger charge is -2.25. The molecule has 2 aromatic rings. The maximum absolute atomic E-state index is 6.19. The summed E-state index contributed by atoms with van der Waals surface area (Å²) in [5.41, 5.74) is 7.86. The summed E-state index contributed by atoms with van der Waals surface area (Å²) in [6, 6.07) is 5.94. The fourth-order valence-corrected chi connectivity index (χ4v) is 1.87. The van der Waals surface area contributed by atoms with E-state index in [1.807, 2.05) is 35.0 Å². The van der Waals surface area contributed by atoms with Crippen molar-refractivity contribution in [2.45, 2.75) is 38.8 Å². The molecule has 18 heavy (non-hydrogen) atoms. The molecule has 2 aromatic heterocycles. The fourth-order valence-electron chi connectivity index (χ4n) is 1.87. The van der Waals surface area contributed by atoms with Gasteiger partial charge in [-0.1, -0.05) is 19.9 Å². The van der Waals surface area contributed by atoms with E-state index in [4.69, 9.17) is 10.5 Å². The lowest BCUT2D eigenvalue weighted by atomic mass is 9.96. The van der Waals surface area contributed by atoms with Crippen LogP contribution in [0.1, 0.15) is 32.4 Å². The summed E-state index contributed by atoms with van der Waals surface area (Å²) in [6.07, 6.45) is 5.83. The Morgan fingerprint density at radius 2 is 2.11 bits per heavy atom. The standard InChI is InChI=1S/C14H21N3O/c1-3-14(15,4-2)11-18-10-12-9-17-8-6-5-7-13(17)16-12/h5-9H,3-4,10-11,15H2,1-2H3. The molecule has 0 aromatic carbocycles. The van der Waals surface area contributed by atoms with E-state index >= 15 is 0 Å². The van der Waals surface area contributed by atoms with Crippen molar-refractivity contribution in [3.05, 3.63) is 36.3 Å². The third-order valence-corrected chi connectivity index (χ3v) is 3.46. The summed E-state index contributed by atoms with van der Waals surface area (Å²) in [4.78, 5) is 4.48. The number of hydrogen-bond donors (Lipinski definition) is 1. The minimum atomic E-state index is -0.209. The lowest BCUT2D eigenvalue weighted by Crippen LogP contribution is -2.43. The maximum Gasteiger partial charge on any atom is 0.137 e. The van der Waals surface area contributed by atoms with Gasteiger partial charge in [0.15, 0.2) is 0 Å². The van der Waals surface area contributed by atoms with Crippen molar-refractivity contribution >= 4 is 5.65 Å². The summed E-state index contributed by atoms with van der Waals surface area (Å²) in [5.74, 6) is 0. The van der Waals surface area contributed by atoms with E-state index in [0.29, 0.717) is 13.2 Å². The molecule has 0 aliphatic rings. The maximum atomic E-state index is 6.19. The number of nitrogens with two attached hydrogens (primary N) is 1. The summed E-state index contributed by atoms with van der Waals surface area (Å²) in [7, 11) is 0. The van der Waals surface area contributed by atoms with Crippen molar-refractivity contribution < 1.29 is 4.74 Å². The number of rotatable bonds is 6. The van der Waals surface area contributed by atoms with Crippen LogP contribution < -0.4 is 5.73 Å². The van der Waals surface area contributed by atoms with Crippen molar-refractivity contribution in [3.63, 3.8) is 0 Å². The monoisotopic (exact) mass is 247 g/mol.